The maximum Gasteiger partial charge on any atom is 0.167 e. The van der Waals surface area contributed by atoms with Crippen molar-refractivity contribution in [2.75, 3.05) is 0 Å². The molecule has 1 aromatic rings. The van der Waals surface area contributed by atoms with E-state index < -0.39 is 0 Å². The average molecular weight is 244 g/mol. The molecule has 0 unspecified atom stereocenters. The van der Waals surface area contributed by atoms with Crippen molar-refractivity contribution in [3.63, 3.8) is 0 Å². The van der Waals surface area contributed by atoms with Crippen molar-refractivity contribution >= 4 is 17.1 Å². The van der Waals surface area contributed by atoms with Crippen molar-refractivity contribution in [1.29, 1.82) is 0 Å². The van der Waals surface area contributed by atoms with Gasteiger partial charge in [-0.2, -0.15) is 0 Å². The fourth-order valence-electron chi connectivity index (χ4n) is 3.23. The summed E-state index contributed by atoms with van der Waals surface area (Å²) in [6.45, 7) is 5.79. The van der Waals surface area contributed by atoms with E-state index in [-0.39, 0.29) is 23.4 Å². The molecule has 0 amide bonds. The van der Waals surface area contributed by atoms with Crippen molar-refractivity contribution in [2.45, 2.75) is 33.6 Å². The highest BCUT2D eigenvalue weighted by Gasteiger charge is 2.41. The van der Waals surface area contributed by atoms with E-state index in [1.54, 1.807) is 6.26 Å². The van der Waals surface area contributed by atoms with Crippen LogP contribution in [0.2, 0.25) is 0 Å². The van der Waals surface area contributed by atoms with Gasteiger partial charge in [-0.25, -0.2) is 0 Å². The van der Waals surface area contributed by atoms with Crippen LogP contribution in [0.25, 0.3) is 5.57 Å². The van der Waals surface area contributed by atoms with E-state index in [4.69, 9.17) is 4.42 Å². The number of aryl methyl sites for hydroxylation is 1. The normalized spacial score (nSPS) is 27.3. The summed E-state index contributed by atoms with van der Waals surface area (Å²) >= 11 is 0. The van der Waals surface area contributed by atoms with Gasteiger partial charge >= 0.3 is 0 Å². The predicted octanol–water partition coefficient (Wildman–Crippen LogP) is 3.17. The first-order valence-electron chi connectivity index (χ1n) is 6.36. The summed E-state index contributed by atoms with van der Waals surface area (Å²) in [5.41, 5.74) is 3.31. The van der Waals surface area contributed by atoms with Crippen LogP contribution in [0, 0.1) is 18.8 Å². The maximum absolute atomic E-state index is 12.2. The van der Waals surface area contributed by atoms with Crippen LogP contribution in [0.4, 0.5) is 0 Å². The summed E-state index contributed by atoms with van der Waals surface area (Å²) in [7, 11) is 0. The van der Waals surface area contributed by atoms with E-state index >= 15 is 0 Å². The van der Waals surface area contributed by atoms with Crippen LogP contribution in [0.5, 0.6) is 0 Å². The monoisotopic (exact) mass is 244 g/mol. The third kappa shape index (κ3) is 1.36. The van der Waals surface area contributed by atoms with Crippen molar-refractivity contribution in [1.82, 2.24) is 0 Å². The molecule has 3 nitrogen and oxygen atoms in total. The molecule has 3 heteroatoms. The molecular weight excluding hydrogens is 228 g/mol. The van der Waals surface area contributed by atoms with Crippen LogP contribution in [-0.2, 0) is 4.79 Å². The minimum Gasteiger partial charge on any atom is -0.464 e. The van der Waals surface area contributed by atoms with Crippen molar-refractivity contribution < 1.29 is 14.0 Å². The van der Waals surface area contributed by atoms with Crippen LogP contribution >= 0.6 is 0 Å². The van der Waals surface area contributed by atoms with E-state index in [0.717, 1.165) is 16.7 Å². The Kier molecular flexibility index (Phi) is 2.34. The van der Waals surface area contributed by atoms with E-state index in [2.05, 4.69) is 6.92 Å². The summed E-state index contributed by atoms with van der Waals surface area (Å²) in [6, 6.07) is 0. The Morgan fingerprint density at radius 2 is 1.89 bits per heavy atom. The van der Waals surface area contributed by atoms with Gasteiger partial charge in [0.05, 0.1) is 11.8 Å². The topological polar surface area (TPSA) is 47.3 Å². The summed E-state index contributed by atoms with van der Waals surface area (Å²) in [5, 5.41) is 0. The van der Waals surface area contributed by atoms with E-state index in [9.17, 15) is 9.59 Å². The Balaban J connectivity index is 2.29. The number of hydrogen-bond acceptors (Lipinski definition) is 3. The predicted molar refractivity (Wildman–Crippen MR) is 67.3 cm³/mol. The molecule has 0 bridgehead atoms. The number of fused-ring (bicyclic) bond motifs is 3. The minimum atomic E-state index is 0.144. The molecular formula is C15H16O3. The van der Waals surface area contributed by atoms with Gasteiger partial charge < -0.3 is 4.42 Å². The second-order valence-corrected chi connectivity index (χ2v) is 5.50. The first-order valence-corrected chi connectivity index (χ1v) is 6.36. The molecule has 1 aromatic heterocycles. The molecule has 0 fully saturated rings. The Labute approximate surface area is 106 Å². The molecule has 2 aliphatic carbocycles. The van der Waals surface area contributed by atoms with Gasteiger partial charge in [0.25, 0.3) is 0 Å². The van der Waals surface area contributed by atoms with E-state index in [0.29, 0.717) is 24.2 Å². The van der Waals surface area contributed by atoms with Crippen molar-refractivity contribution in [3.8, 4) is 0 Å². The van der Waals surface area contributed by atoms with E-state index in [1.165, 1.54) is 0 Å². The highest BCUT2D eigenvalue weighted by Crippen LogP contribution is 2.46. The highest BCUT2D eigenvalue weighted by atomic mass is 16.3. The van der Waals surface area contributed by atoms with Gasteiger partial charge in [0.1, 0.15) is 5.76 Å². The maximum atomic E-state index is 12.2. The largest absolute Gasteiger partial charge is 0.464 e. The molecule has 0 spiro atoms. The Bertz CT molecular complexity index is 589. The summed E-state index contributed by atoms with van der Waals surface area (Å²) in [6.07, 6.45) is 2.65. The Hall–Kier alpha value is -1.64. The van der Waals surface area contributed by atoms with Gasteiger partial charge in [0.2, 0.25) is 0 Å². The summed E-state index contributed by atoms with van der Waals surface area (Å²) < 4.78 is 5.59. The summed E-state index contributed by atoms with van der Waals surface area (Å²) in [4.78, 5) is 24.2. The first kappa shape index (κ1) is 11.5. The molecule has 18 heavy (non-hydrogen) atoms. The molecule has 2 atom stereocenters. The number of Topliss-reactive ketones (excluding diaryl/α,β-unsaturated/α-hetero) is 2. The van der Waals surface area contributed by atoms with Crippen LogP contribution in [-0.4, -0.2) is 11.6 Å². The lowest BCUT2D eigenvalue weighted by Gasteiger charge is -2.17. The zero-order valence-corrected chi connectivity index (χ0v) is 10.9. The lowest BCUT2D eigenvalue weighted by molar-refractivity contribution is -0.115. The third-order valence-corrected chi connectivity index (χ3v) is 4.29. The third-order valence-electron chi connectivity index (χ3n) is 4.29. The van der Waals surface area contributed by atoms with E-state index in [1.807, 2.05) is 13.8 Å². The number of hydrogen-bond donors (Lipinski definition) is 0. The van der Waals surface area contributed by atoms with Crippen LogP contribution in [0.1, 0.15) is 48.4 Å². The van der Waals surface area contributed by atoms with Gasteiger partial charge in [-0.1, -0.05) is 6.92 Å². The molecule has 0 saturated heterocycles. The lowest BCUT2D eigenvalue weighted by atomic mass is 9.86. The standard InChI is InChI=1S/C15H16O3/c1-7-4-12(17)13-8(2)6-18-15(13)14-9(3)11(16)5-10(7)14/h6-7,10H,4-5H2,1-3H3/t7-,10-/m0/s1. The number of carbonyl (C=O) groups is 2. The van der Waals surface area contributed by atoms with Crippen LogP contribution < -0.4 is 0 Å². The molecule has 0 N–H and O–H groups in total. The van der Waals surface area contributed by atoms with Crippen molar-refractivity contribution in [2.24, 2.45) is 11.8 Å². The first-order chi connectivity index (χ1) is 8.50. The molecule has 0 radical (unpaired) electrons. The average Bonchev–Trinajstić information content (AvgIpc) is 2.78. The quantitative estimate of drug-likeness (QED) is 0.704. The number of ketones is 2. The number of rotatable bonds is 0. The van der Waals surface area contributed by atoms with Gasteiger partial charge in [0.15, 0.2) is 11.6 Å². The van der Waals surface area contributed by atoms with Crippen LogP contribution in [0.15, 0.2) is 16.3 Å². The number of allylic oxidation sites excluding steroid dienone is 2. The Morgan fingerprint density at radius 3 is 2.61 bits per heavy atom. The number of carbonyl (C=O) groups excluding carboxylic acids is 2. The fourth-order valence-corrected chi connectivity index (χ4v) is 3.23. The molecule has 3 rings (SSSR count). The molecule has 0 aromatic carbocycles. The minimum absolute atomic E-state index is 0.144. The zero-order valence-electron chi connectivity index (χ0n) is 10.9. The molecule has 1 heterocycles. The molecule has 2 aliphatic rings. The van der Waals surface area contributed by atoms with Crippen molar-refractivity contribution in [3.05, 3.63) is 28.7 Å². The van der Waals surface area contributed by atoms with Crippen LogP contribution in [0.3, 0.4) is 0 Å². The zero-order chi connectivity index (χ0) is 13.0. The van der Waals surface area contributed by atoms with Gasteiger partial charge in [-0.15, -0.1) is 0 Å². The molecule has 0 saturated carbocycles. The Morgan fingerprint density at radius 1 is 1.17 bits per heavy atom. The second kappa shape index (κ2) is 3.67. The molecule has 94 valence electrons. The summed E-state index contributed by atoms with van der Waals surface area (Å²) in [5.74, 6) is 1.33. The smallest absolute Gasteiger partial charge is 0.167 e. The fraction of sp³-hybridized carbons (Fsp3) is 0.467. The van der Waals surface area contributed by atoms with Gasteiger partial charge in [0, 0.05) is 18.4 Å². The molecule has 0 aliphatic heterocycles. The second-order valence-electron chi connectivity index (χ2n) is 5.50. The van der Waals surface area contributed by atoms with Gasteiger partial charge in [-0.05, 0) is 36.8 Å². The highest BCUT2D eigenvalue weighted by molar-refractivity contribution is 6.11. The van der Waals surface area contributed by atoms with Gasteiger partial charge in [-0.3, -0.25) is 9.59 Å². The number of furan rings is 1. The lowest BCUT2D eigenvalue weighted by Crippen LogP contribution is -2.12. The SMILES string of the molecule is CC1=C2c3occ(C)c3C(=O)C[C@H](C)[C@@H]2CC1=O.